The summed E-state index contributed by atoms with van der Waals surface area (Å²) in [5.74, 6) is 0.888. The lowest BCUT2D eigenvalue weighted by Crippen LogP contribution is -2.24. The summed E-state index contributed by atoms with van der Waals surface area (Å²) in [5.41, 5.74) is 3.32. The number of aryl methyl sites for hydroxylation is 1. The van der Waals surface area contributed by atoms with Crippen molar-refractivity contribution >= 4 is 0 Å². The zero-order valence-electron chi connectivity index (χ0n) is 12.2. The molecule has 0 aliphatic heterocycles. The molecule has 0 bridgehead atoms. The van der Waals surface area contributed by atoms with Crippen molar-refractivity contribution in [1.82, 2.24) is 9.97 Å². The average molecular weight is 280 g/mol. The lowest BCUT2D eigenvalue weighted by molar-refractivity contribution is 0.702. The number of fused-ring (bicyclic) bond motifs is 1. The molecular formula is C18H20N2O. The minimum atomic E-state index is -0.0399. The van der Waals surface area contributed by atoms with Gasteiger partial charge in [-0.15, -0.1) is 0 Å². The van der Waals surface area contributed by atoms with Crippen molar-refractivity contribution in [2.75, 3.05) is 0 Å². The number of hydrogen-bond acceptors (Lipinski definition) is 2. The highest BCUT2D eigenvalue weighted by Crippen LogP contribution is 2.51. The van der Waals surface area contributed by atoms with Gasteiger partial charge in [-0.2, -0.15) is 0 Å². The monoisotopic (exact) mass is 280 g/mol. The molecule has 0 atom stereocenters. The SMILES string of the molecule is O=c1[nH]c(C2(c3ccccc3)CC2)nc2c1CCCCC2. The Morgan fingerprint density at radius 1 is 1.00 bits per heavy atom. The molecule has 3 nitrogen and oxygen atoms in total. The fourth-order valence-electron chi connectivity index (χ4n) is 3.55. The third kappa shape index (κ3) is 2.11. The third-order valence-electron chi connectivity index (χ3n) is 4.97. The molecule has 0 radical (unpaired) electrons. The molecular weight excluding hydrogens is 260 g/mol. The van der Waals surface area contributed by atoms with E-state index < -0.39 is 0 Å². The van der Waals surface area contributed by atoms with Gasteiger partial charge in [-0.05, 0) is 44.1 Å². The van der Waals surface area contributed by atoms with Crippen LogP contribution in [-0.2, 0) is 18.3 Å². The number of nitrogens with one attached hydrogen (secondary N) is 1. The van der Waals surface area contributed by atoms with Crippen LogP contribution in [0.3, 0.4) is 0 Å². The van der Waals surface area contributed by atoms with Crippen LogP contribution in [0.4, 0.5) is 0 Å². The molecule has 21 heavy (non-hydrogen) atoms. The molecule has 2 aliphatic rings. The molecule has 0 unspecified atom stereocenters. The van der Waals surface area contributed by atoms with Crippen LogP contribution in [0.25, 0.3) is 0 Å². The van der Waals surface area contributed by atoms with Gasteiger partial charge in [-0.1, -0.05) is 36.8 Å². The van der Waals surface area contributed by atoms with Crippen LogP contribution in [0.5, 0.6) is 0 Å². The summed E-state index contributed by atoms with van der Waals surface area (Å²) in [7, 11) is 0. The molecule has 0 amide bonds. The molecule has 108 valence electrons. The maximum absolute atomic E-state index is 12.4. The van der Waals surface area contributed by atoms with Crippen LogP contribution in [0.15, 0.2) is 35.1 Å². The highest BCUT2D eigenvalue weighted by Gasteiger charge is 2.48. The first-order valence-electron chi connectivity index (χ1n) is 7.98. The van der Waals surface area contributed by atoms with Gasteiger partial charge in [-0.3, -0.25) is 4.79 Å². The van der Waals surface area contributed by atoms with Gasteiger partial charge in [0.2, 0.25) is 0 Å². The minimum Gasteiger partial charge on any atom is -0.310 e. The summed E-state index contributed by atoms with van der Waals surface area (Å²) < 4.78 is 0. The Bertz CT molecular complexity index is 714. The largest absolute Gasteiger partial charge is 0.310 e. The van der Waals surface area contributed by atoms with E-state index in [-0.39, 0.29) is 11.0 Å². The average Bonchev–Trinajstić information content (AvgIpc) is 3.33. The van der Waals surface area contributed by atoms with Crippen molar-refractivity contribution < 1.29 is 0 Å². The summed E-state index contributed by atoms with van der Waals surface area (Å²) in [6.45, 7) is 0. The van der Waals surface area contributed by atoms with Crippen molar-refractivity contribution in [1.29, 1.82) is 0 Å². The fourth-order valence-corrected chi connectivity index (χ4v) is 3.55. The Hall–Kier alpha value is -1.90. The topological polar surface area (TPSA) is 45.8 Å². The first-order chi connectivity index (χ1) is 10.3. The molecule has 0 saturated heterocycles. The van der Waals surface area contributed by atoms with Gasteiger partial charge < -0.3 is 4.98 Å². The van der Waals surface area contributed by atoms with Gasteiger partial charge >= 0.3 is 0 Å². The van der Waals surface area contributed by atoms with Crippen LogP contribution >= 0.6 is 0 Å². The second kappa shape index (κ2) is 4.83. The maximum Gasteiger partial charge on any atom is 0.254 e. The predicted molar refractivity (Wildman–Crippen MR) is 82.6 cm³/mol. The van der Waals surface area contributed by atoms with E-state index in [0.29, 0.717) is 0 Å². The third-order valence-corrected chi connectivity index (χ3v) is 4.97. The Labute approximate surface area is 124 Å². The number of nitrogens with zero attached hydrogens (tertiary/aromatic N) is 1. The quantitative estimate of drug-likeness (QED) is 0.859. The van der Waals surface area contributed by atoms with Crippen LogP contribution in [0.2, 0.25) is 0 Å². The summed E-state index contributed by atoms with van der Waals surface area (Å²) in [6.07, 6.45) is 7.47. The zero-order valence-corrected chi connectivity index (χ0v) is 12.2. The van der Waals surface area contributed by atoms with Gasteiger partial charge in [-0.25, -0.2) is 4.98 Å². The molecule has 4 rings (SSSR count). The van der Waals surface area contributed by atoms with Gasteiger partial charge in [0, 0.05) is 5.56 Å². The summed E-state index contributed by atoms with van der Waals surface area (Å²) in [6, 6.07) is 10.5. The molecule has 0 spiro atoms. The fraction of sp³-hybridized carbons (Fsp3) is 0.444. The van der Waals surface area contributed by atoms with Crippen molar-refractivity contribution in [3.05, 3.63) is 63.3 Å². The molecule has 1 N–H and O–H groups in total. The molecule has 1 heterocycles. The van der Waals surface area contributed by atoms with E-state index in [1.807, 2.05) is 6.07 Å². The van der Waals surface area contributed by atoms with Crippen LogP contribution in [-0.4, -0.2) is 9.97 Å². The highest BCUT2D eigenvalue weighted by molar-refractivity contribution is 5.40. The number of benzene rings is 1. The first-order valence-corrected chi connectivity index (χ1v) is 7.98. The lowest BCUT2D eigenvalue weighted by Gasteiger charge is -2.16. The second-order valence-electron chi connectivity index (χ2n) is 6.35. The first kappa shape index (κ1) is 12.8. The Kier molecular flexibility index (Phi) is 2.95. The van der Waals surface area contributed by atoms with E-state index in [1.165, 1.54) is 12.0 Å². The summed E-state index contributed by atoms with van der Waals surface area (Å²) in [4.78, 5) is 20.4. The standard InChI is InChI=1S/C18H20N2O/c21-16-14-9-5-2-6-10-15(14)19-17(20-16)18(11-12-18)13-7-3-1-4-8-13/h1,3-4,7-8H,2,5-6,9-12H2,(H,19,20,21). The van der Waals surface area contributed by atoms with Gasteiger partial charge in [0.25, 0.3) is 5.56 Å². The smallest absolute Gasteiger partial charge is 0.254 e. The molecule has 1 fully saturated rings. The van der Waals surface area contributed by atoms with E-state index in [0.717, 1.165) is 55.6 Å². The molecule has 3 heteroatoms. The van der Waals surface area contributed by atoms with E-state index in [4.69, 9.17) is 4.98 Å². The molecule has 2 aromatic rings. The lowest BCUT2D eigenvalue weighted by atomic mass is 9.94. The molecule has 1 aromatic heterocycles. The van der Waals surface area contributed by atoms with Crippen molar-refractivity contribution in [3.63, 3.8) is 0 Å². The number of H-pyrrole nitrogens is 1. The Morgan fingerprint density at radius 2 is 1.76 bits per heavy atom. The summed E-state index contributed by atoms with van der Waals surface area (Å²) >= 11 is 0. The van der Waals surface area contributed by atoms with Gasteiger partial charge in [0.05, 0.1) is 11.1 Å². The van der Waals surface area contributed by atoms with E-state index in [9.17, 15) is 4.79 Å². The van der Waals surface area contributed by atoms with Crippen molar-refractivity contribution in [3.8, 4) is 0 Å². The summed E-state index contributed by atoms with van der Waals surface area (Å²) in [5, 5.41) is 0. The van der Waals surface area contributed by atoms with Crippen LogP contribution < -0.4 is 5.56 Å². The highest BCUT2D eigenvalue weighted by atomic mass is 16.1. The number of rotatable bonds is 2. The Balaban J connectivity index is 1.82. The maximum atomic E-state index is 12.4. The van der Waals surface area contributed by atoms with E-state index >= 15 is 0 Å². The normalized spacial score (nSPS) is 19.6. The van der Waals surface area contributed by atoms with Gasteiger partial charge in [0.15, 0.2) is 0 Å². The molecule has 1 aromatic carbocycles. The minimum absolute atomic E-state index is 0.0399. The second-order valence-corrected chi connectivity index (χ2v) is 6.35. The predicted octanol–water partition coefficient (Wildman–Crippen LogP) is 3.12. The van der Waals surface area contributed by atoms with Crippen LogP contribution in [0, 0.1) is 0 Å². The zero-order chi connectivity index (χ0) is 14.3. The van der Waals surface area contributed by atoms with Crippen molar-refractivity contribution in [2.45, 2.75) is 50.4 Å². The van der Waals surface area contributed by atoms with Crippen molar-refractivity contribution in [2.24, 2.45) is 0 Å². The number of aromatic amines is 1. The number of aromatic nitrogens is 2. The van der Waals surface area contributed by atoms with Crippen LogP contribution in [0.1, 0.15) is 54.7 Å². The van der Waals surface area contributed by atoms with Gasteiger partial charge in [0.1, 0.15) is 5.82 Å². The molecule has 1 saturated carbocycles. The molecule has 2 aliphatic carbocycles. The van der Waals surface area contributed by atoms with E-state index in [1.54, 1.807) is 0 Å². The number of hydrogen-bond donors (Lipinski definition) is 1. The Morgan fingerprint density at radius 3 is 2.52 bits per heavy atom. The van der Waals surface area contributed by atoms with E-state index in [2.05, 4.69) is 29.2 Å².